The van der Waals surface area contributed by atoms with E-state index in [9.17, 15) is 0 Å². The second kappa shape index (κ2) is 2.60. The fourth-order valence-electron chi connectivity index (χ4n) is 0.678. The van der Waals surface area contributed by atoms with Crippen LogP contribution in [-0.4, -0.2) is 15.5 Å². The van der Waals surface area contributed by atoms with Crippen LogP contribution in [0.2, 0.25) is 4.34 Å². The first-order valence-electron chi connectivity index (χ1n) is 2.81. The van der Waals surface area contributed by atoms with Gasteiger partial charge >= 0.3 is 0 Å². The second-order valence-electron chi connectivity index (χ2n) is 1.81. The van der Waals surface area contributed by atoms with Crippen molar-refractivity contribution in [1.82, 2.24) is 20.6 Å². The first kappa shape index (κ1) is 6.75. The van der Waals surface area contributed by atoms with Gasteiger partial charge in [0.25, 0.3) is 0 Å². The third-order valence-electron chi connectivity index (χ3n) is 1.11. The summed E-state index contributed by atoms with van der Waals surface area (Å²) in [5.41, 5.74) is 0. The SMILES string of the molecule is Clc1ccc(-c2nnn[n-]2)s1. The molecule has 0 spiro atoms. The van der Waals surface area contributed by atoms with Gasteiger partial charge in [0.1, 0.15) is 0 Å². The normalized spacial score (nSPS) is 10.3. The first-order chi connectivity index (χ1) is 5.36. The Morgan fingerprint density at radius 1 is 1.45 bits per heavy atom. The minimum atomic E-state index is 0.530. The number of thiophene rings is 1. The van der Waals surface area contributed by atoms with Gasteiger partial charge in [-0.1, -0.05) is 11.6 Å². The van der Waals surface area contributed by atoms with E-state index in [4.69, 9.17) is 11.6 Å². The van der Waals surface area contributed by atoms with Crippen LogP contribution >= 0.6 is 22.9 Å². The monoisotopic (exact) mass is 185 g/mol. The van der Waals surface area contributed by atoms with Crippen molar-refractivity contribution < 1.29 is 0 Å². The molecule has 11 heavy (non-hydrogen) atoms. The van der Waals surface area contributed by atoms with Crippen LogP contribution in [0.1, 0.15) is 0 Å². The number of aromatic nitrogens is 4. The van der Waals surface area contributed by atoms with E-state index in [0.29, 0.717) is 10.2 Å². The molecule has 2 aromatic heterocycles. The molecule has 0 unspecified atom stereocenters. The van der Waals surface area contributed by atoms with Gasteiger partial charge in [-0.05, 0) is 12.1 Å². The van der Waals surface area contributed by atoms with Crippen LogP contribution in [0.3, 0.4) is 0 Å². The predicted molar refractivity (Wildman–Crippen MR) is 41.5 cm³/mol. The van der Waals surface area contributed by atoms with Crippen molar-refractivity contribution in [3.63, 3.8) is 0 Å². The highest BCUT2D eigenvalue weighted by atomic mass is 35.5. The van der Waals surface area contributed by atoms with Crippen LogP contribution in [0.4, 0.5) is 0 Å². The van der Waals surface area contributed by atoms with Gasteiger partial charge < -0.3 is 5.10 Å². The minimum Gasteiger partial charge on any atom is -0.330 e. The third kappa shape index (κ3) is 1.24. The van der Waals surface area contributed by atoms with Crippen molar-refractivity contribution in [2.45, 2.75) is 0 Å². The van der Waals surface area contributed by atoms with E-state index >= 15 is 0 Å². The molecule has 0 atom stereocenters. The van der Waals surface area contributed by atoms with E-state index < -0.39 is 0 Å². The summed E-state index contributed by atoms with van der Waals surface area (Å²) in [5, 5.41) is 14.1. The largest absolute Gasteiger partial charge is 0.330 e. The van der Waals surface area contributed by atoms with Gasteiger partial charge in [-0.3, -0.25) is 10.3 Å². The zero-order valence-electron chi connectivity index (χ0n) is 5.23. The average Bonchev–Trinajstić information content (AvgIpc) is 2.55. The molecule has 0 bridgehead atoms. The number of hydrogen-bond acceptors (Lipinski definition) is 4. The number of tetrazole rings is 1. The van der Waals surface area contributed by atoms with Gasteiger partial charge in [0.2, 0.25) is 0 Å². The molecule has 0 N–H and O–H groups in total. The second-order valence-corrected chi connectivity index (χ2v) is 3.52. The highest BCUT2D eigenvalue weighted by Crippen LogP contribution is 2.27. The van der Waals surface area contributed by atoms with Gasteiger partial charge in [-0.15, -0.1) is 11.3 Å². The van der Waals surface area contributed by atoms with Gasteiger partial charge in [0, 0.05) is 10.7 Å². The van der Waals surface area contributed by atoms with Crippen LogP contribution in [0.5, 0.6) is 0 Å². The molecular formula is C5H2ClN4S-. The molecular weight excluding hydrogens is 184 g/mol. The Morgan fingerprint density at radius 2 is 2.36 bits per heavy atom. The summed E-state index contributed by atoms with van der Waals surface area (Å²) in [5.74, 6) is 0.530. The molecule has 56 valence electrons. The van der Waals surface area contributed by atoms with Gasteiger partial charge in [-0.2, -0.15) is 5.21 Å². The lowest BCUT2D eigenvalue weighted by Crippen LogP contribution is -1.76. The lowest BCUT2D eigenvalue weighted by Gasteiger charge is -1.89. The Kier molecular flexibility index (Phi) is 1.59. The van der Waals surface area contributed by atoms with E-state index in [1.54, 1.807) is 6.07 Å². The van der Waals surface area contributed by atoms with E-state index in [0.717, 1.165) is 4.88 Å². The number of nitrogens with zero attached hydrogens (tertiary/aromatic N) is 4. The Labute approximate surface area is 71.2 Å². The van der Waals surface area contributed by atoms with E-state index in [2.05, 4.69) is 20.6 Å². The van der Waals surface area contributed by atoms with Crippen molar-refractivity contribution in [3.05, 3.63) is 16.5 Å². The summed E-state index contributed by atoms with van der Waals surface area (Å²) in [6.45, 7) is 0. The fraction of sp³-hybridized carbons (Fsp3) is 0. The molecule has 0 aliphatic rings. The minimum absolute atomic E-state index is 0.530. The standard InChI is InChI=1S/C5H2ClN4S/c6-4-2-1-3(11-4)5-7-9-10-8-5/h1-2H/q-1. The maximum Gasteiger partial charge on any atom is 0.0935 e. The average molecular weight is 186 g/mol. The Hall–Kier alpha value is -0.940. The van der Waals surface area contributed by atoms with E-state index in [1.165, 1.54) is 11.3 Å². The summed E-state index contributed by atoms with van der Waals surface area (Å²) in [7, 11) is 0. The Balaban J connectivity index is 2.45. The lowest BCUT2D eigenvalue weighted by atomic mass is 10.5. The molecule has 0 aromatic carbocycles. The fourth-order valence-corrected chi connectivity index (χ4v) is 1.65. The van der Waals surface area contributed by atoms with Crippen LogP contribution in [0, 0.1) is 0 Å². The maximum atomic E-state index is 5.70. The highest BCUT2D eigenvalue weighted by molar-refractivity contribution is 7.19. The summed E-state index contributed by atoms with van der Waals surface area (Å²) < 4.78 is 0.713. The van der Waals surface area contributed by atoms with Crippen LogP contribution in [0.25, 0.3) is 10.7 Å². The van der Waals surface area contributed by atoms with Crippen molar-refractivity contribution in [3.8, 4) is 10.7 Å². The highest BCUT2D eigenvalue weighted by Gasteiger charge is 1.97. The van der Waals surface area contributed by atoms with Gasteiger partial charge in [-0.25, -0.2) is 0 Å². The molecule has 0 aliphatic heterocycles. The maximum absolute atomic E-state index is 5.70. The van der Waals surface area contributed by atoms with Crippen molar-refractivity contribution in [1.29, 1.82) is 0 Å². The number of hydrogen-bond donors (Lipinski definition) is 0. The summed E-state index contributed by atoms with van der Waals surface area (Å²) in [4.78, 5) is 0.889. The smallest absolute Gasteiger partial charge is 0.0935 e. The molecule has 0 fully saturated rings. The summed E-state index contributed by atoms with van der Waals surface area (Å²) in [6.07, 6.45) is 0. The Bertz CT molecular complexity index is 341. The van der Waals surface area contributed by atoms with Crippen LogP contribution in [-0.2, 0) is 0 Å². The third-order valence-corrected chi connectivity index (χ3v) is 2.34. The molecule has 6 heteroatoms. The van der Waals surface area contributed by atoms with E-state index in [-0.39, 0.29) is 0 Å². The predicted octanol–water partition coefficient (Wildman–Crippen LogP) is 1.21. The molecule has 0 saturated carbocycles. The van der Waals surface area contributed by atoms with Crippen LogP contribution in [0.15, 0.2) is 12.1 Å². The molecule has 2 aromatic rings. The van der Waals surface area contributed by atoms with Gasteiger partial charge in [0.05, 0.1) is 4.34 Å². The van der Waals surface area contributed by atoms with E-state index in [1.807, 2.05) is 6.07 Å². The van der Waals surface area contributed by atoms with Gasteiger partial charge in [0.15, 0.2) is 0 Å². The molecule has 0 saturated heterocycles. The van der Waals surface area contributed by atoms with Crippen molar-refractivity contribution >= 4 is 22.9 Å². The topological polar surface area (TPSA) is 52.8 Å². The first-order valence-corrected chi connectivity index (χ1v) is 4.00. The number of rotatable bonds is 1. The molecule has 0 aliphatic carbocycles. The van der Waals surface area contributed by atoms with Crippen molar-refractivity contribution in [2.75, 3.05) is 0 Å². The molecule has 2 heterocycles. The molecule has 0 radical (unpaired) electrons. The Morgan fingerprint density at radius 3 is 2.91 bits per heavy atom. The lowest BCUT2D eigenvalue weighted by molar-refractivity contribution is 0.871. The van der Waals surface area contributed by atoms with Crippen molar-refractivity contribution in [2.24, 2.45) is 0 Å². The quantitative estimate of drug-likeness (QED) is 0.670. The number of halogens is 1. The zero-order valence-corrected chi connectivity index (χ0v) is 6.80. The molecule has 2 rings (SSSR count). The summed E-state index contributed by atoms with van der Waals surface area (Å²) in [6, 6.07) is 3.63. The summed E-state index contributed by atoms with van der Waals surface area (Å²) >= 11 is 7.11. The zero-order chi connectivity index (χ0) is 7.68. The molecule has 4 nitrogen and oxygen atoms in total. The van der Waals surface area contributed by atoms with Crippen LogP contribution < -0.4 is 5.10 Å². The molecule has 0 amide bonds.